The molecule has 0 aliphatic carbocycles. The Hall–Kier alpha value is -2.73. The zero-order valence-electron chi connectivity index (χ0n) is 18.9. The number of thiazole rings is 1. The topological polar surface area (TPSA) is 61.2 Å². The molecule has 0 amide bonds. The minimum absolute atomic E-state index is 0.157. The van der Waals surface area contributed by atoms with Crippen molar-refractivity contribution in [3.05, 3.63) is 56.8 Å². The van der Waals surface area contributed by atoms with Crippen LogP contribution in [0.5, 0.6) is 5.75 Å². The van der Waals surface area contributed by atoms with Gasteiger partial charge in [-0.05, 0) is 42.9 Å². The van der Waals surface area contributed by atoms with Gasteiger partial charge in [-0.1, -0.05) is 27.7 Å². The molecule has 3 heterocycles. The smallest absolute Gasteiger partial charge is 0.192 e. The Morgan fingerprint density at radius 3 is 2.52 bits per heavy atom. The van der Waals surface area contributed by atoms with Gasteiger partial charge in [-0.3, -0.25) is 9.59 Å². The molecule has 0 saturated carbocycles. The summed E-state index contributed by atoms with van der Waals surface area (Å²) in [5, 5.41) is 0.944. The Balaban J connectivity index is 1.94. The highest BCUT2D eigenvalue weighted by Crippen LogP contribution is 2.44. The number of nitrogens with zero attached hydrogens (tertiary/aromatic N) is 2. The van der Waals surface area contributed by atoms with E-state index in [1.807, 2.05) is 12.3 Å². The van der Waals surface area contributed by atoms with Gasteiger partial charge in [-0.25, -0.2) is 4.98 Å². The van der Waals surface area contributed by atoms with E-state index < -0.39 is 0 Å². The van der Waals surface area contributed by atoms with Crippen molar-refractivity contribution in [3.8, 4) is 27.6 Å². The highest BCUT2D eigenvalue weighted by Gasteiger charge is 2.29. The minimum Gasteiger partial charge on any atom is -0.496 e. The fourth-order valence-electron chi connectivity index (χ4n) is 4.23. The van der Waals surface area contributed by atoms with E-state index in [2.05, 4.69) is 43.3 Å². The largest absolute Gasteiger partial charge is 0.496 e. The second-order valence-corrected chi connectivity index (χ2v) is 9.91. The summed E-state index contributed by atoms with van der Waals surface area (Å²) in [6, 6.07) is 5.93. The lowest BCUT2D eigenvalue weighted by Crippen LogP contribution is -2.27. The van der Waals surface area contributed by atoms with E-state index in [1.54, 1.807) is 30.7 Å². The van der Waals surface area contributed by atoms with Gasteiger partial charge in [-0.15, -0.1) is 11.3 Å². The zero-order valence-corrected chi connectivity index (χ0v) is 19.7. The molecule has 0 radical (unpaired) electrons. The van der Waals surface area contributed by atoms with Gasteiger partial charge in [0, 0.05) is 34.9 Å². The van der Waals surface area contributed by atoms with Crippen LogP contribution in [0.4, 0.5) is 0 Å². The number of hydrogen-bond donors (Lipinski definition) is 0. The maximum absolute atomic E-state index is 12.7. The van der Waals surface area contributed by atoms with Gasteiger partial charge in [0.2, 0.25) is 0 Å². The van der Waals surface area contributed by atoms with Crippen LogP contribution in [-0.2, 0) is 6.42 Å². The monoisotopic (exact) mass is 436 g/mol. The first kappa shape index (κ1) is 21.5. The van der Waals surface area contributed by atoms with Crippen LogP contribution in [0.15, 0.2) is 35.4 Å². The highest BCUT2D eigenvalue weighted by atomic mass is 32.1. The second-order valence-electron chi connectivity index (χ2n) is 8.85. The van der Waals surface area contributed by atoms with Crippen LogP contribution in [0.2, 0.25) is 0 Å². The summed E-state index contributed by atoms with van der Waals surface area (Å²) in [4.78, 5) is 30.5. The van der Waals surface area contributed by atoms with E-state index in [-0.39, 0.29) is 22.8 Å². The molecule has 3 aromatic rings. The summed E-state index contributed by atoms with van der Waals surface area (Å²) in [7, 11) is 1.66. The summed E-state index contributed by atoms with van der Waals surface area (Å²) >= 11 is 1.69. The molecular formula is C25H28N2O3S. The second kappa shape index (κ2) is 8.08. The Morgan fingerprint density at radius 2 is 1.94 bits per heavy atom. The van der Waals surface area contributed by atoms with Crippen LogP contribution in [0, 0.1) is 5.92 Å². The number of aromatic nitrogens is 2. The molecule has 0 spiro atoms. The Bertz CT molecular complexity index is 1220. The molecule has 1 unspecified atom stereocenters. The lowest BCUT2D eigenvalue weighted by atomic mass is 9.86. The highest BCUT2D eigenvalue weighted by molar-refractivity contribution is 7.15. The number of Topliss-reactive ketones (excluding diaryl/α,β-unsaturated/α-hetero) is 1. The average molecular weight is 437 g/mol. The number of benzene rings is 1. The number of carbonyl (C=O) groups is 1. The summed E-state index contributed by atoms with van der Waals surface area (Å²) in [6.07, 6.45) is 4.50. The van der Waals surface area contributed by atoms with Gasteiger partial charge in [0.05, 0.1) is 23.9 Å². The Kier molecular flexibility index (Phi) is 5.60. The number of fused-ring (bicyclic) bond motifs is 3. The van der Waals surface area contributed by atoms with Crippen LogP contribution < -0.4 is 10.2 Å². The van der Waals surface area contributed by atoms with Crippen molar-refractivity contribution in [2.45, 2.75) is 53.0 Å². The molecular weight excluding hydrogens is 408 g/mol. The Morgan fingerprint density at radius 1 is 1.19 bits per heavy atom. The molecule has 1 atom stereocenters. The molecule has 0 saturated heterocycles. The molecule has 6 heteroatoms. The molecule has 1 aliphatic heterocycles. The number of pyridine rings is 1. The third-order valence-electron chi connectivity index (χ3n) is 6.04. The molecule has 1 aliphatic rings. The van der Waals surface area contributed by atoms with Gasteiger partial charge < -0.3 is 9.30 Å². The Labute approximate surface area is 186 Å². The molecule has 0 N–H and O–H groups in total. The molecule has 4 rings (SSSR count). The normalized spacial score (nSPS) is 15.2. The third-order valence-corrected chi connectivity index (χ3v) is 7.37. The number of methoxy groups -OCH3 is 1. The SMILES string of the molecule is COc1cc2c(cc1-c1ncc(C(C)C)s1)CC(C(C)C)n1cc(C(C)=O)c(=O)cc1-2. The fourth-order valence-corrected chi connectivity index (χ4v) is 5.17. The van der Waals surface area contributed by atoms with E-state index in [0.717, 1.165) is 34.0 Å². The van der Waals surface area contributed by atoms with Crippen LogP contribution in [-0.4, -0.2) is 22.4 Å². The lowest BCUT2D eigenvalue weighted by Gasteiger charge is -2.34. The van der Waals surface area contributed by atoms with Crippen molar-refractivity contribution < 1.29 is 9.53 Å². The summed E-state index contributed by atoms with van der Waals surface area (Å²) < 4.78 is 7.84. The predicted molar refractivity (Wildman–Crippen MR) is 125 cm³/mol. The summed E-state index contributed by atoms with van der Waals surface area (Å²) in [6.45, 7) is 10.1. The molecule has 162 valence electrons. The van der Waals surface area contributed by atoms with Crippen LogP contribution in [0.3, 0.4) is 0 Å². The number of hydrogen-bond acceptors (Lipinski definition) is 5. The van der Waals surface area contributed by atoms with Gasteiger partial charge >= 0.3 is 0 Å². The quantitative estimate of drug-likeness (QED) is 0.480. The fraction of sp³-hybridized carbons (Fsp3) is 0.400. The van der Waals surface area contributed by atoms with Gasteiger partial charge in [0.1, 0.15) is 10.8 Å². The van der Waals surface area contributed by atoms with E-state index in [1.165, 1.54) is 17.4 Å². The molecule has 1 aromatic carbocycles. The van der Waals surface area contributed by atoms with E-state index in [0.29, 0.717) is 11.8 Å². The van der Waals surface area contributed by atoms with Crippen LogP contribution in [0.1, 0.15) is 67.4 Å². The maximum Gasteiger partial charge on any atom is 0.192 e. The first-order valence-electron chi connectivity index (χ1n) is 10.7. The molecule has 5 nitrogen and oxygen atoms in total. The first-order chi connectivity index (χ1) is 14.7. The first-order valence-corrected chi connectivity index (χ1v) is 11.5. The van der Waals surface area contributed by atoms with Gasteiger partial charge in [0.25, 0.3) is 0 Å². The van der Waals surface area contributed by atoms with Crippen molar-refractivity contribution in [1.29, 1.82) is 0 Å². The van der Waals surface area contributed by atoms with Gasteiger partial charge in [0.15, 0.2) is 11.2 Å². The summed E-state index contributed by atoms with van der Waals surface area (Å²) in [5.41, 5.74) is 3.97. The summed E-state index contributed by atoms with van der Waals surface area (Å²) in [5.74, 6) is 1.30. The van der Waals surface area contributed by atoms with Crippen LogP contribution in [0.25, 0.3) is 21.8 Å². The van der Waals surface area contributed by atoms with Crippen molar-refractivity contribution >= 4 is 17.1 Å². The molecule has 2 aromatic heterocycles. The van der Waals surface area contributed by atoms with Crippen molar-refractivity contribution in [1.82, 2.24) is 9.55 Å². The number of ketones is 1. The number of rotatable bonds is 5. The number of ether oxygens (including phenoxy) is 1. The standard InChI is InChI=1S/C25H28N2O3S/c1-13(2)20-8-16-7-18(25-26-11-24(31-25)14(3)4)23(30-6)9-17(16)21-10-22(29)19(15(5)28)12-27(20)21/h7,9-14,20H,8H2,1-6H3. The molecule has 31 heavy (non-hydrogen) atoms. The van der Waals surface area contributed by atoms with E-state index >= 15 is 0 Å². The molecule has 0 fully saturated rings. The average Bonchev–Trinajstić information content (AvgIpc) is 3.22. The lowest BCUT2D eigenvalue weighted by molar-refractivity contribution is 0.101. The predicted octanol–water partition coefficient (Wildman–Crippen LogP) is 5.73. The molecule has 0 bridgehead atoms. The van der Waals surface area contributed by atoms with Gasteiger partial charge in [-0.2, -0.15) is 0 Å². The van der Waals surface area contributed by atoms with Crippen molar-refractivity contribution in [3.63, 3.8) is 0 Å². The van der Waals surface area contributed by atoms with Crippen molar-refractivity contribution in [2.24, 2.45) is 5.92 Å². The van der Waals surface area contributed by atoms with Crippen LogP contribution >= 0.6 is 11.3 Å². The maximum atomic E-state index is 12.7. The van der Waals surface area contributed by atoms with Crippen molar-refractivity contribution in [2.75, 3.05) is 7.11 Å². The van der Waals surface area contributed by atoms with E-state index in [9.17, 15) is 9.59 Å². The number of carbonyl (C=O) groups excluding carboxylic acids is 1. The minimum atomic E-state index is -0.237. The zero-order chi connectivity index (χ0) is 22.4. The van der Waals surface area contributed by atoms with E-state index in [4.69, 9.17) is 4.74 Å². The third kappa shape index (κ3) is 3.74.